The maximum Gasteiger partial charge on any atom is 0.312 e. The van der Waals surface area contributed by atoms with Crippen LogP contribution in [0.5, 0.6) is 11.5 Å². The third-order valence-corrected chi connectivity index (χ3v) is 3.50. The fourth-order valence-electron chi connectivity index (χ4n) is 2.55. The largest absolute Gasteiger partial charge is 0.507 e. The molecule has 0 saturated carbocycles. The highest BCUT2D eigenvalue weighted by Gasteiger charge is 2.35. The van der Waals surface area contributed by atoms with Gasteiger partial charge in [-0.1, -0.05) is 38.1 Å². The summed E-state index contributed by atoms with van der Waals surface area (Å²) >= 11 is 0. The van der Waals surface area contributed by atoms with E-state index in [0.717, 1.165) is 10.9 Å². The van der Waals surface area contributed by atoms with Gasteiger partial charge >= 0.3 is 5.97 Å². The number of ether oxygens (including phenoxy) is 1. The van der Waals surface area contributed by atoms with Crippen LogP contribution in [0.25, 0.3) is 10.8 Å². The first-order chi connectivity index (χ1) is 8.49. The molecular formula is C15H14O3. The van der Waals surface area contributed by atoms with E-state index in [1.807, 2.05) is 38.1 Å². The van der Waals surface area contributed by atoms with Crippen LogP contribution >= 0.6 is 0 Å². The summed E-state index contributed by atoms with van der Waals surface area (Å²) in [5.74, 6) is 0.600. The number of fused-ring (bicyclic) bond motifs is 3. The van der Waals surface area contributed by atoms with Crippen LogP contribution in [0.1, 0.15) is 25.8 Å². The van der Waals surface area contributed by atoms with Gasteiger partial charge in [0.2, 0.25) is 0 Å². The van der Waals surface area contributed by atoms with Crippen LogP contribution in [0.3, 0.4) is 0 Å². The Morgan fingerprint density at radius 1 is 1.22 bits per heavy atom. The Labute approximate surface area is 105 Å². The SMILES string of the molecule is CC1(C)CC(=O)Oc2c1cc(O)c1ccccc21. The summed E-state index contributed by atoms with van der Waals surface area (Å²) in [7, 11) is 0. The molecule has 0 bridgehead atoms. The molecule has 0 radical (unpaired) electrons. The van der Waals surface area contributed by atoms with Crippen molar-refractivity contribution in [3.05, 3.63) is 35.9 Å². The predicted molar refractivity (Wildman–Crippen MR) is 68.9 cm³/mol. The van der Waals surface area contributed by atoms with Gasteiger partial charge in [-0.05, 0) is 6.07 Å². The Morgan fingerprint density at radius 3 is 2.61 bits per heavy atom. The maximum atomic E-state index is 11.7. The van der Waals surface area contributed by atoms with Crippen molar-refractivity contribution < 1.29 is 14.6 Å². The Balaban J connectivity index is 2.42. The fraction of sp³-hybridized carbons (Fsp3) is 0.267. The third kappa shape index (κ3) is 1.47. The van der Waals surface area contributed by atoms with Crippen molar-refractivity contribution in [2.45, 2.75) is 25.7 Å². The number of benzene rings is 2. The van der Waals surface area contributed by atoms with Crippen molar-refractivity contribution in [2.75, 3.05) is 0 Å². The molecule has 2 aromatic rings. The Kier molecular flexibility index (Phi) is 2.14. The van der Waals surface area contributed by atoms with Gasteiger partial charge in [-0.2, -0.15) is 0 Å². The molecule has 0 saturated heterocycles. The summed E-state index contributed by atoms with van der Waals surface area (Å²) in [6.07, 6.45) is 0.331. The zero-order valence-corrected chi connectivity index (χ0v) is 10.4. The maximum absolute atomic E-state index is 11.7. The average molecular weight is 242 g/mol. The van der Waals surface area contributed by atoms with Gasteiger partial charge in [0.1, 0.15) is 11.5 Å². The van der Waals surface area contributed by atoms with Crippen molar-refractivity contribution in [3.63, 3.8) is 0 Å². The summed E-state index contributed by atoms with van der Waals surface area (Å²) in [4.78, 5) is 11.7. The highest BCUT2D eigenvalue weighted by atomic mass is 16.5. The molecule has 0 aliphatic carbocycles. The van der Waals surface area contributed by atoms with Crippen LogP contribution in [-0.2, 0) is 10.2 Å². The smallest absolute Gasteiger partial charge is 0.312 e. The van der Waals surface area contributed by atoms with Crippen molar-refractivity contribution in [2.24, 2.45) is 0 Å². The van der Waals surface area contributed by atoms with Crippen LogP contribution in [-0.4, -0.2) is 11.1 Å². The first-order valence-corrected chi connectivity index (χ1v) is 5.95. The van der Waals surface area contributed by atoms with Crippen molar-refractivity contribution in [3.8, 4) is 11.5 Å². The molecule has 3 heteroatoms. The molecule has 92 valence electrons. The molecule has 18 heavy (non-hydrogen) atoms. The summed E-state index contributed by atoms with van der Waals surface area (Å²) in [5, 5.41) is 11.6. The second kappa shape index (κ2) is 3.48. The molecular weight excluding hydrogens is 228 g/mol. The Hall–Kier alpha value is -2.03. The standard InChI is InChI=1S/C15H14O3/c1-15(2)8-13(17)18-14-10-6-4-3-5-9(10)12(16)7-11(14)15/h3-7,16H,8H2,1-2H3. The van der Waals surface area contributed by atoms with Gasteiger partial charge in [0.05, 0.1) is 6.42 Å². The number of carbonyl (C=O) groups is 1. The molecule has 1 N–H and O–H groups in total. The van der Waals surface area contributed by atoms with Gasteiger partial charge in [0.15, 0.2) is 0 Å². The van der Waals surface area contributed by atoms with E-state index in [4.69, 9.17) is 4.74 Å². The van der Waals surface area contributed by atoms with Gasteiger partial charge in [0, 0.05) is 21.8 Å². The van der Waals surface area contributed by atoms with Gasteiger partial charge < -0.3 is 9.84 Å². The van der Waals surface area contributed by atoms with E-state index in [0.29, 0.717) is 17.6 Å². The lowest BCUT2D eigenvalue weighted by molar-refractivity contribution is -0.136. The topological polar surface area (TPSA) is 46.5 Å². The summed E-state index contributed by atoms with van der Waals surface area (Å²) in [6.45, 7) is 3.97. The minimum absolute atomic E-state index is 0.219. The number of phenolic OH excluding ortho intramolecular Hbond substituents is 1. The predicted octanol–water partition coefficient (Wildman–Crippen LogP) is 3.13. The molecule has 0 fully saturated rings. The molecule has 0 spiro atoms. The molecule has 3 nitrogen and oxygen atoms in total. The Bertz CT molecular complexity index is 656. The summed E-state index contributed by atoms with van der Waals surface area (Å²) in [5.41, 5.74) is 0.574. The molecule has 0 atom stereocenters. The lowest BCUT2D eigenvalue weighted by atomic mass is 9.78. The van der Waals surface area contributed by atoms with E-state index >= 15 is 0 Å². The highest BCUT2D eigenvalue weighted by molar-refractivity contribution is 5.97. The van der Waals surface area contributed by atoms with Gasteiger partial charge in [-0.25, -0.2) is 0 Å². The van der Waals surface area contributed by atoms with E-state index in [1.165, 1.54) is 0 Å². The molecule has 1 heterocycles. The first-order valence-electron chi connectivity index (χ1n) is 5.95. The van der Waals surface area contributed by atoms with E-state index in [9.17, 15) is 9.90 Å². The highest BCUT2D eigenvalue weighted by Crippen LogP contribution is 2.45. The number of carbonyl (C=O) groups excluding carboxylic acids is 1. The number of rotatable bonds is 0. The van der Waals surface area contributed by atoms with Gasteiger partial charge in [-0.3, -0.25) is 4.79 Å². The number of hydrogen-bond donors (Lipinski definition) is 1. The number of aromatic hydroxyl groups is 1. The molecule has 1 aliphatic heterocycles. The van der Waals surface area contributed by atoms with Crippen LogP contribution < -0.4 is 4.74 Å². The second-order valence-corrected chi connectivity index (χ2v) is 5.35. The quantitative estimate of drug-likeness (QED) is 0.570. The molecule has 0 amide bonds. The van der Waals surface area contributed by atoms with Gasteiger partial charge in [-0.15, -0.1) is 0 Å². The van der Waals surface area contributed by atoms with Crippen molar-refractivity contribution >= 4 is 16.7 Å². The second-order valence-electron chi connectivity index (χ2n) is 5.35. The lowest BCUT2D eigenvalue weighted by Gasteiger charge is -2.31. The first kappa shape index (κ1) is 11.1. The van der Waals surface area contributed by atoms with E-state index < -0.39 is 0 Å². The van der Waals surface area contributed by atoms with Crippen LogP contribution in [0.2, 0.25) is 0 Å². The zero-order chi connectivity index (χ0) is 12.9. The van der Waals surface area contributed by atoms with E-state index in [1.54, 1.807) is 6.07 Å². The van der Waals surface area contributed by atoms with Crippen LogP contribution in [0, 0.1) is 0 Å². The minimum atomic E-state index is -0.313. The molecule has 0 aromatic heterocycles. The summed E-state index contributed by atoms with van der Waals surface area (Å²) in [6, 6.07) is 9.12. The lowest BCUT2D eigenvalue weighted by Crippen LogP contribution is -2.30. The average Bonchev–Trinajstić information content (AvgIpc) is 2.30. The molecule has 0 unspecified atom stereocenters. The minimum Gasteiger partial charge on any atom is -0.507 e. The van der Waals surface area contributed by atoms with E-state index in [-0.39, 0.29) is 17.1 Å². The number of esters is 1. The van der Waals surface area contributed by atoms with Crippen molar-refractivity contribution in [1.29, 1.82) is 0 Å². The molecule has 2 aromatic carbocycles. The number of phenols is 1. The molecule has 3 rings (SSSR count). The molecule has 1 aliphatic rings. The van der Waals surface area contributed by atoms with Crippen LogP contribution in [0.15, 0.2) is 30.3 Å². The van der Waals surface area contributed by atoms with Crippen LogP contribution in [0.4, 0.5) is 0 Å². The number of hydrogen-bond acceptors (Lipinski definition) is 3. The monoisotopic (exact) mass is 242 g/mol. The normalized spacial score (nSPS) is 17.3. The summed E-state index contributed by atoms with van der Waals surface area (Å²) < 4.78 is 5.39. The third-order valence-electron chi connectivity index (χ3n) is 3.50. The zero-order valence-electron chi connectivity index (χ0n) is 10.4. The van der Waals surface area contributed by atoms with E-state index in [2.05, 4.69) is 0 Å². The van der Waals surface area contributed by atoms with Gasteiger partial charge in [0.25, 0.3) is 0 Å². The van der Waals surface area contributed by atoms with Crippen molar-refractivity contribution in [1.82, 2.24) is 0 Å². The fourth-order valence-corrected chi connectivity index (χ4v) is 2.55. The Morgan fingerprint density at radius 2 is 1.89 bits per heavy atom.